The summed E-state index contributed by atoms with van der Waals surface area (Å²) in [6.45, 7) is 0. The van der Waals surface area contributed by atoms with Crippen molar-refractivity contribution >= 4 is 17.5 Å². The normalized spacial score (nSPS) is 10.7. The van der Waals surface area contributed by atoms with E-state index in [0.717, 1.165) is 18.2 Å². The molecule has 1 aromatic carbocycles. The van der Waals surface area contributed by atoms with Crippen LogP contribution in [0.3, 0.4) is 0 Å². The maximum atomic E-state index is 11.8. The summed E-state index contributed by atoms with van der Waals surface area (Å²) in [6.07, 6.45) is 5.71. The molecule has 7 nitrogen and oxygen atoms in total. The average Bonchev–Trinajstić information content (AvgIpc) is 2.89. The van der Waals surface area contributed by atoms with E-state index >= 15 is 0 Å². The lowest BCUT2D eigenvalue weighted by atomic mass is 10.1. The van der Waals surface area contributed by atoms with Gasteiger partial charge in [0.05, 0.1) is 10.5 Å². The second-order valence-corrected chi connectivity index (χ2v) is 3.63. The van der Waals surface area contributed by atoms with E-state index in [1.165, 1.54) is 18.3 Å². The first-order valence-corrected chi connectivity index (χ1v) is 5.27. The van der Waals surface area contributed by atoms with Crippen molar-refractivity contribution in [3.63, 3.8) is 0 Å². The largest absolute Gasteiger partial charge is 0.507 e. The van der Waals surface area contributed by atoms with E-state index in [2.05, 4.69) is 9.97 Å². The minimum Gasteiger partial charge on any atom is -0.507 e. The van der Waals surface area contributed by atoms with E-state index in [0.29, 0.717) is 5.82 Å². The fourth-order valence-corrected chi connectivity index (χ4v) is 1.45. The number of nitro groups is 1. The van der Waals surface area contributed by atoms with Crippen LogP contribution in [0.2, 0.25) is 0 Å². The topological polar surface area (TPSA) is 109 Å². The van der Waals surface area contributed by atoms with E-state index in [9.17, 15) is 20.0 Å². The number of benzene rings is 1. The predicted molar refractivity (Wildman–Crippen MR) is 66.7 cm³/mol. The van der Waals surface area contributed by atoms with Crippen molar-refractivity contribution < 1.29 is 14.8 Å². The van der Waals surface area contributed by atoms with Crippen LogP contribution >= 0.6 is 0 Å². The number of phenols is 1. The minimum absolute atomic E-state index is 0.128. The van der Waals surface area contributed by atoms with Gasteiger partial charge in [0.1, 0.15) is 11.6 Å². The highest BCUT2D eigenvalue weighted by atomic mass is 16.6. The number of carbonyl (C=O) groups excluding carboxylic acids is 1. The van der Waals surface area contributed by atoms with Crippen molar-refractivity contribution in [3.8, 4) is 5.75 Å². The molecule has 0 aliphatic carbocycles. The lowest BCUT2D eigenvalue weighted by Crippen LogP contribution is -1.97. The van der Waals surface area contributed by atoms with Crippen LogP contribution in [0.15, 0.2) is 36.7 Å². The van der Waals surface area contributed by atoms with Crippen molar-refractivity contribution in [2.45, 2.75) is 0 Å². The number of aromatic hydroxyl groups is 1. The van der Waals surface area contributed by atoms with Gasteiger partial charge in [-0.25, -0.2) is 4.98 Å². The second kappa shape index (κ2) is 5.13. The molecular formula is C12H9N3O4. The zero-order chi connectivity index (χ0) is 13.8. The van der Waals surface area contributed by atoms with Gasteiger partial charge in [-0.05, 0) is 18.2 Å². The summed E-state index contributed by atoms with van der Waals surface area (Å²) in [4.78, 5) is 28.5. The molecule has 1 heterocycles. The number of nitrogens with zero attached hydrogens (tertiary/aromatic N) is 2. The fourth-order valence-electron chi connectivity index (χ4n) is 1.45. The predicted octanol–water partition coefficient (Wildman–Crippen LogP) is 1.92. The van der Waals surface area contributed by atoms with Crippen molar-refractivity contribution in [2.75, 3.05) is 0 Å². The summed E-state index contributed by atoms with van der Waals surface area (Å²) in [5.74, 6) is -0.379. The molecule has 0 atom stereocenters. The number of ketones is 1. The summed E-state index contributed by atoms with van der Waals surface area (Å²) < 4.78 is 0. The van der Waals surface area contributed by atoms with Crippen LogP contribution < -0.4 is 0 Å². The maximum absolute atomic E-state index is 11.8. The Morgan fingerprint density at radius 3 is 2.89 bits per heavy atom. The Labute approximate surface area is 107 Å². The van der Waals surface area contributed by atoms with Gasteiger partial charge in [-0.3, -0.25) is 14.9 Å². The van der Waals surface area contributed by atoms with Gasteiger partial charge in [0.15, 0.2) is 5.78 Å². The van der Waals surface area contributed by atoms with Gasteiger partial charge in [0.25, 0.3) is 5.69 Å². The molecule has 0 aliphatic rings. The third kappa shape index (κ3) is 2.83. The molecule has 0 aliphatic heterocycles. The number of hydrogen-bond acceptors (Lipinski definition) is 5. The van der Waals surface area contributed by atoms with Crippen molar-refractivity contribution in [1.82, 2.24) is 9.97 Å². The van der Waals surface area contributed by atoms with Crippen LogP contribution in [0.5, 0.6) is 5.75 Å². The lowest BCUT2D eigenvalue weighted by Gasteiger charge is -2.00. The zero-order valence-corrected chi connectivity index (χ0v) is 9.61. The number of phenolic OH excluding ortho intramolecular Hbond substituents is 1. The Hall–Kier alpha value is -2.96. The number of aromatic amines is 1. The van der Waals surface area contributed by atoms with Crippen LogP contribution in [-0.4, -0.2) is 25.8 Å². The molecule has 1 aromatic heterocycles. The standard InChI is InChI=1S/C12H9N3O4/c16-10-2-1-8(15(18)19)7-9(10)11(17)3-4-12-13-5-6-14-12/h1-7,16H,(H,13,14)/b4-3+. The molecule has 0 amide bonds. The molecule has 0 unspecified atom stereocenters. The number of imidazole rings is 1. The van der Waals surface area contributed by atoms with Gasteiger partial charge in [0, 0.05) is 24.5 Å². The second-order valence-electron chi connectivity index (χ2n) is 3.63. The number of aromatic nitrogens is 2. The number of carbonyl (C=O) groups is 1. The van der Waals surface area contributed by atoms with Crippen LogP contribution in [0.1, 0.15) is 16.2 Å². The number of H-pyrrole nitrogens is 1. The average molecular weight is 259 g/mol. The zero-order valence-electron chi connectivity index (χ0n) is 9.61. The smallest absolute Gasteiger partial charge is 0.270 e. The molecule has 7 heteroatoms. The third-order valence-electron chi connectivity index (χ3n) is 2.37. The SMILES string of the molecule is O=C(/C=C/c1ncc[nH]1)c1cc([N+](=O)[O-])ccc1O. The Bertz CT molecular complexity index is 647. The summed E-state index contributed by atoms with van der Waals surface area (Å²) in [5, 5.41) is 20.2. The van der Waals surface area contributed by atoms with E-state index < -0.39 is 10.7 Å². The molecular weight excluding hydrogens is 250 g/mol. The maximum Gasteiger partial charge on any atom is 0.270 e. The highest BCUT2D eigenvalue weighted by Crippen LogP contribution is 2.23. The number of rotatable bonds is 4. The third-order valence-corrected chi connectivity index (χ3v) is 2.37. The molecule has 0 saturated carbocycles. The van der Waals surface area contributed by atoms with E-state index in [4.69, 9.17) is 0 Å². The number of nitro benzene ring substituents is 1. The van der Waals surface area contributed by atoms with Gasteiger partial charge >= 0.3 is 0 Å². The van der Waals surface area contributed by atoms with Gasteiger partial charge in [-0.2, -0.15) is 0 Å². The number of non-ortho nitro benzene ring substituents is 1. The van der Waals surface area contributed by atoms with Gasteiger partial charge < -0.3 is 10.1 Å². The van der Waals surface area contributed by atoms with Crippen LogP contribution in [0, 0.1) is 10.1 Å². The number of nitrogens with one attached hydrogen (secondary N) is 1. The van der Waals surface area contributed by atoms with Crippen LogP contribution in [0.4, 0.5) is 5.69 Å². The molecule has 0 saturated heterocycles. The molecule has 96 valence electrons. The minimum atomic E-state index is -0.632. The Morgan fingerprint density at radius 1 is 1.47 bits per heavy atom. The first-order chi connectivity index (χ1) is 9.08. The van der Waals surface area contributed by atoms with E-state index in [1.807, 2.05) is 0 Å². The summed E-state index contributed by atoms with van der Waals surface area (Å²) in [5.41, 5.74) is -0.385. The molecule has 0 radical (unpaired) electrons. The summed E-state index contributed by atoms with van der Waals surface area (Å²) in [6, 6.07) is 3.28. The summed E-state index contributed by atoms with van der Waals surface area (Å²) >= 11 is 0. The monoisotopic (exact) mass is 259 g/mol. The van der Waals surface area contributed by atoms with Crippen LogP contribution in [-0.2, 0) is 0 Å². The van der Waals surface area contributed by atoms with Crippen molar-refractivity contribution in [3.05, 3.63) is 58.2 Å². The first-order valence-electron chi connectivity index (χ1n) is 5.27. The molecule has 2 N–H and O–H groups in total. The van der Waals surface area contributed by atoms with Gasteiger partial charge in [-0.1, -0.05) is 0 Å². The van der Waals surface area contributed by atoms with Gasteiger partial charge in [-0.15, -0.1) is 0 Å². The quantitative estimate of drug-likeness (QED) is 0.377. The molecule has 0 fully saturated rings. The molecule has 2 rings (SSSR count). The first kappa shape index (κ1) is 12.5. The number of hydrogen-bond donors (Lipinski definition) is 2. The Balaban J connectivity index is 2.28. The molecule has 0 bridgehead atoms. The Morgan fingerprint density at radius 2 is 2.26 bits per heavy atom. The highest BCUT2D eigenvalue weighted by Gasteiger charge is 2.14. The van der Waals surface area contributed by atoms with Crippen LogP contribution in [0.25, 0.3) is 6.08 Å². The molecule has 2 aromatic rings. The van der Waals surface area contributed by atoms with Crippen molar-refractivity contribution in [1.29, 1.82) is 0 Å². The van der Waals surface area contributed by atoms with E-state index in [-0.39, 0.29) is 17.0 Å². The number of allylic oxidation sites excluding steroid dienone is 1. The Kier molecular flexibility index (Phi) is 3.37. The molecule has 0 spiro atoms. The highest BCUT2D eigenvalue weighted by molar-refractivity contribution is 6.08. The fraction of sp³-hybridized carbons (Fsp3) is 0. The lowest BCUT2D eigenvalue weighted by molar-refractivity contribution is -0.384. The van der Waals surface area contributed by atoms with Crippen molar-refractivity contribution in [2.24, 2.45) is 0 Å². The summed E-state index contributed by atoms with van der Waals surface area (Å²) in [7, 11) is 0. The van der Waals surface area contributed by atoms with E-state index in [1.54, 1.807) is 6.20 Å². The van der Waals surface area contributed by atoms with Gasteiger partial charge in [0.2, 0.25) is 0 Å². The molecule has 19 heavy (non-hydrogen) atoms.